The van der Waals surface area contributed by atoms with E-state index < -0.39 is 11.4 Å². The molecule has 1 aliphatic rings. The molecule has 0 bridgehead atoms. The summed E-state index contributed by atoms with van der Waals surface area (Å²) in [5.41, 5.74) is 0.780. The molecule has 1 atom stereocenters. The number of hydrogen-bond acceptors (Lipinski definition) is 5. The number of nitrogens with zero attached hydrogens (tertiary/aromatic N) is 4. The molecule has 1 aromatic carbocycles. The highest BCUT2D eigenvalue weighted by Crippen LogP contribution is 2.31. The number of aliphatic carboxylic acids is 1. The molecule has 3 rings (SSSR count). The second-order valence-corrected chi connectivity index (χ2v) is 5.49. The van der Waals surface area contributed by atoms with Crippen LogP contribution >= 0.6 is 0 Å². The molecule has 1 saturated heterocycles. The zero-order valence-electron chi connectivity index (χ0n) is 11.3. The average Bonchev–Trinajstić information content (AvgIpc) is 2.46. The number of carbonyl (C=O) groups is 1. The van der Waals surface area contributed by atoms with Gasteiger partial charge in [-0.2, -0.15) is 0 Å². The normalized spacial score (nSPS) is 22.9. The summed E-state index contributed by atoms with van der Waals surface area (Å²) in [6.07, 6.45) is 1.50. The van der Waals surface area contributed by atoms with Gasteiger partial charge in [0.25, 0.3) is 0 Å². The first-order chi connectivity index (χ1) is 9.58. The standard InChI is InChI=1S/C14H16N4O2/c1-14(12(19)20)7-4-8-18(9-14)13-15-10-5-2-3-6-11(10)16-17-13/h2-3,5-6H,4,7-9H2,1H3,(H,19,20). The van der Waals surface area contributed by atoms with Gasteiger partial charge < -0.3 is 10.0 Å². The van der Waals surface area contributed by atoms with Gasteiger partial charge in [0.05, 0.1) is 10.9 Å². The van der Waals surface area contributed by atoms with E-state index in [1.165, 1.54) is 0 Å². The molecule has 6 heteroatoms. The first-order valence-electron chi connectivity index (χ1n) is 6.66. The van der Waals surface area contributed by atoms with E-state index in [2.05, 4.69) is 15.2 Å². The van der Waals surface area contributed by atoms with Crippen LogP contribution in [0.5, 0.6) is 0 Å². The number of fused-ring (bicyclic) bond motifs is 1. The second kappa shape index (κ2) is 4.70. The van der Waals surface area contributed by atoms with Crippen molar-refractivity contribution in [2.75, 3.05) is 18.0 Å². The van der Waals surface area contributed by atoms with E-state index in [0.29, 0.717) is 18.9 Å². The maximum absolute atomic E-state index is 11.4. The SMILES string of the molecule is CC1(C(=O)O)CCCN(c2nnc3ccccc3n2)C1. The fraction of sp³-hybridized carbons (Fsp3) is 0.429. The molecule has 0 aliphatic carbocycles. The molecule has 1 N–H and O–H groups in total. The average molecular weight is 272 g/mol. The molecule has 0 amide bonds. The van der Waals surface area contributed by atoms with Crippen molar-refractivity contribution < 1.29 is 9.90 Å². The van der Waals surface area contributed by atoms with Crippen molar-refractivity contribution in [1.82, 2.24) is 15.2 Å². The Balaban J connectivity index is 1.92. The number of rotatable bonds is 2. The minimum Gasteiger partial charge on any atom is -0.481 e. The third-order valence-corrected chi connectivity index (χ3v) is 3.84. The van der Waals surface area contributed by atoms with E-state index in [4.69, 9.17) is 0 Å². The van der Waals surface area contributed by atoms with Crippen LogP contribution in [-0.4, -0.2) is 39.3 Å². The Morgan fingerprint density at radius 2 is 2.05 bits per heavy atom. The maximum atomic E-state index is 11.4. The van der Waals surface area contributed by atoms with Gasteiger partial charge in [-0.1, -0.05) is 12.1 Å². The lowest BCUT2D eigenvalue weighted by atomic mass is 9.82. The monoisotopic (exact) mass is 272 g/mol. The quantitative estimate of drug-likeness (QED) is 0.896. The van der Waals surface area contributed by atoms with Gasteiger partial charge in [-0.15, -0.1) is 10.2 Å². The molecule has 1 fully saturated rings. The molecule has 1 unspecified atom stereocenters. The molecule has 6 nitrogen and oxygen atoms in total. The van der Waals surface area contributed by atoms with Crippen molar-refractivity contribution in [2.45, 2.75) is 19.8 Å². The molecule has 2 aromatic rings. The van der Waals surface area contributed by atoms with Crippen molar-refractivity contribution in [2.24, 2.45) is 5.41 Å². The van der Waals surface area contributed by atoms with Crippen LogP contribution in [0, 0.1) is 5.41 Å². The minimum absolute atomic E-state index is 0.419. The van der Waals surface area contributed by atoms with Gasteiger partial charge in [0.15, 0.2) is 0 Å². The fourth-order valence-corrected chi connectivity index (χ4v) is 2.59. The number of para-hydroxylation sites is 1. The number of piperidine rings is 1. The number of hydrogen-bond donors (Lipinski definition) is 1. The summed E-state index contributed by atoms with van der Waals surface area (Å²) in [4.78, 5) is 17.8. The summed E-state index contributed by atoms with van der Waals surface area (Å²) < 4.78 is 0. The Morgan fingerprint density at radius 3 is 2.80 bits per heavy atom. The highest BCUT2D eigenvalue weighted by molar-refractivity contribution is 5.76. The number of carboxylic acids is 1. The highest BCUT2D eigenvalue weighted by atomic mass is 16.4. The molecule has 1 aliphatic heterocycles. The van der Waals surface area contributed by atoms with Crippen LogP contribution in [0.2, 0.25) is 0 Å². The van der Waals surface area contributed by atoms with Crippen LogP contribution in [0.4, 0.5) is 5.95 Å². The summed E-state index contributed by atoms with van der Waals surface area (Å²) in [6, 6.07) is 7.53. The molecular weight excluding hydrogens is 256 g/mol. The van der Waals surface area contributed by atoms with Crippen molar-refractivity contribution in [3.05, 3.63) is 24.3 Å². The van der Waals surface area contributed by atoms with Crippen molar-refractivity contribution in [3.63, 3.8) is 0 Å². The van der Waals surface area contributed by atoms with Crippen LogP contribution in [0.25, 0.3) is 11.0 Å². The third-order valence-electron chi connectivity index (χ3n) is 3.84. The largest absolute Gasteiger partial charge is 0.481 e. The topological polar surface area (TPSA) is 79.2 Å². The Kier molecular flexibility index (Phi) is 3.00. The molecular formula is C14H16N4O2. The number of carboxylic acid groups (broad SMARTS) is 1. The Bertz CT molecular complexity index is 660. The summed E-state index contributed by atoms with van der Waals surface area (Å²) >= 11 is 0. The van der Waals surface area contributed by atoms with Crippen LogP contribution in [0.3, 0.4) is 0 Å². The zero-order chi connectivity index (χ0) is 14.2. The van der Waals surface area contributed by atoms with Crippen LogP contribution < -0.4 is 4.90 Å². The molecule has 0 spiro atoms. The molecule has 104 valence electrons. The predicted molar refractivity (Wildman–Crippen MR) is 74.5 cm³/mol. The van der Waals surface area contributed by atoms with E-state index in [-0.39, 0.29) is 0 Å². The number of anilines is 1. The van der Waals surface area contributed by atoms with Crippen LogP contribution in [0.1, 0.15) is 19.8 Å². The summed E-state index contributed by atoms with van der Waals surface area (Å²) in [6.45, 7) is 2.96. The van der Waals surface area contributed by atoms with Crippen molar-refractivity contribution in [3.8, 4) is 0 Å². The van der Waals surface area contributed by atoms with Crippen LogP contribution in [0.15, 0.2) is 24.3 Å². The second-order valence-electron chi connectivity index (χ2n) is 5.49. The van der Waals surface area contributed by atoms with Crippen molar-refractivity contribution in [1.29, 1.82) is 0 Å². The van der Waals surface area contributed by atoms with E-state index >= 15 is 0 Å². The summed E-state index contributed by atoms with van der Waals surface area (Å²) in [7, 11) is 0. The summed E-state index contributed by atoms with van der Waals surface area (Å²) in [5.74, 6) is -0.258. The van der Waals surface area contributed by atoms with Gasteiger partial charge in [0, 0.05) is 13.1 Å². The van der Waals surface area contributed by atoms with Gasteiger partial charge in [-0.3, -0.25) is 4.79 Å². The summed E-state index contributed by atoms with van der Waals surface area (Å²) in [5, 5.41) is 17.6. The van der Waals surface area contributed by atoms with Crippen molar-refractivity contribution >= 4 is 23.0 Å². The lowest BCUT2D eigenvalue weighted by molar-refractivity contribution is -0.148. The third kappa shape index (κ3) is 2.17. The molecule has 20 heavy (non-hydrogen) atoms. The molecule has 0 saturated carbocycles. The van der Waals surface area contributed by atoms with E-state index in [0.717, 1.165) is 24.0 Å². The number of benzene rings is 1. The van der Waals surface area contributed by atoms with Gasteiger partial charge in [0.1, 0.15) is 5.52 Å². The van der Waals surface area contributed by atoms with E-state index in [1.807, 2.05) is 29.2 Å². The van der Waals surface area contributed by atoms with E-state index in [9.17, 15) is 9.90 Å². The Labute approximate surface area is 116 Å². The van der Waals surface area contributed by atoms with E-state index in [1.54, 1.807) is 6.92 Å². The van der Waals surface area contributed by atoms with Crippen LogP contribution in [-0.2, 0) is 4.79 Å². The van der Waals surface area contributed by atoms with Gasteiger partial charge >= 0.3 is 5.97 Å². The first-order valence-corrected chi connectivity index (χ1v) is 6.66. The molecule has 1 aromatic heterocycles. The maximum Gasteiger partial charge on any atom is 0.311 e. The first kappa shape index (κ1) is 12.8. The van der Waals surface area contributed by atoms with Gasteiger partial charge in [0.2, 0.25) is 5.95 Å². The lowest BCUT2D eigenvalue weighted by Crippen LogP contribution is -2.46. The highest BCUT2D eigenvalue weighted by Gasteiger charge is 2.38. The number of aromatic nitrogens is 3. The zero-order valence-corrected chi connectivity index (χ0v) is 11.3. The van der Waals surface area contributed by atoms with Gasteiger partial charge in [-0.05, 0) is 31.9 Å². The lowest BCUT2D eigenvalue weighted by Gasteiger charge is -2.37. The predicted octanol–water partition coefficient (Wildman–Crippen LogP) is 1.72. The fourth-order valence-electron chi connectivity index (χ4n) is 2.59. The molecule has 2 heterocycles. The smallest absolute Gasteiger partial charge is 0.311 e. The molecule has 0 radical (unpaired) electrons. The minimum atomic E-state index is -0.768. The Morgan fingerprint density at radius 1 is 1.30 bits per heavy atom. The van der Waals surface area contributed by atoms with Gasteiger partial charge in [-0.25, -0.2) is 4.98 Å². The Hall–Kier alpha value is -2.24.